The van der Waals surface area contributed by atoms with Gasteiger partial charge in [0.25, 0.3) is 5.91 Å². The summed E-state index contributed by atoms with van der Waals surface area (Å²) in [6.07, 6.45) is 0. The lowest BCUT2D eigenvalue weighted by Gasteiger charge is -1.99. The lowest BCUT2D eigenvalue weighted by molar-refractivity contribution is -0.117. The van der Waals surface area contributed by atoms with Gasteiger partial charge in [-0.05, 0) is 20.8 Å². The van der Waals surface area contributed by atoms with Gasteiger partial charge in [0, 0.05) is 5.57 Å². The maximum atomic E-state index is 10.7. The molecule has 3 heteroatoms. The van der Waals surface area contributed by atoms with Crippen molar-refractivity contribution in [1.29, 1.82) is 0 Å². The molecule has 0 saturated heterocycles. The van der Waals surface area contributed by atoms with Crippen molar-refractivity contribution in [1.82, 2.24) is 5.43 Å². The summed E-state index contributed by atoms with van der Waals surface area (Å²) in [6.45, 7) is 5.46. The molecule has 52 valence electrons. The number of nitrogens with one attached hydrogen (secondary N) is 1. The van der Waals surface area contributed by atoms with E-state index in [9.17, 15) is 4.79 Å². The van der Waals surface area contributed by atoms with Crippen LogP contribution >= 0.6 is 0 Å². The van der Waals surface area contributed by atoms with Crippen molar-refractivity contribution in [3.8, 4) is 0 Å². The summed E-state index contributed by atoms with van der Waals surface area (Å²) < 4.78 is 0. The van der Waals surface area contributed by atoms with Crippen LogP contribution in [-0.4, -0.2) is 5.91 Å². The first-order valence-electron chi connectivity index (χ1n) is 2.74. The van der Waals surface area contributed by atoms with Crippen LogP contribution < -0.4 is 11.3 Å². The smallest absolute Gasteiger partial charge is 0.260 e. The second-order valence-electron chi connectivity index (χ2n) is 2.10. The number of allylic oxidation sites excluding steroid dienone is 1. The van der Waals surface area contributed by atoms with Crippen molar-refractivity contribution < 1.29 is 4.79 Å². The van der Waals surface area contributed by atoms with Gasteiger partial charge in [-0.25, -0.2) is 5.84 Å². The van der Waals surface area contributed by atoms with Crippen LogP contribution in [0.5, 0.6) is 0 Å². The van der Waals surface area contributed by atoms with Gasteiger partial charge in [-0.2, -0.15) is 0 Å². The highest BCUT2D eigenvalue weighted by Crippen LogP contribution is 1.99. The first-order valence-corrected chi connectivity index (χ1v) is 2.74. The minimum absolute atomic E-state index is 0.213. The molecule has 0 saturated carbocycles. The molecular formula is C6H12N2O. The highest BCUT2D eigenvalue weighted by molar-refractivity contribution is 5.92. The van der Waals surface area contributed by atoms with Gasteiger partial charge in [-0.1, -0.05) is 5.57 Å². The van der Waals surface area contributed by atoms with Gasteiger partial charge in [0.15, 0.2) is 0 Å². The predicted octanol–water partition coefficient (Wildman–Crippen LogP) is 0.333. The van der Waals surface area contributed by atoms with Crippen LogP contribution in [0, 0.1) is 0 Å². The Bertz CT molecular complexity index is 145. The Hall–Kier alpha value is -0.830. The summed E-state index contributed by atoms with van der Waals surface area (Å²) in [5, 5.41) is 0. The summed E-state index contributed by atoms with van der Waals surface area (Å²) >= 11 is 0. The van der Waals surface area contributed by atoms with Crippen LogP contribution in [0.25, 0.3) is 0 Å². The van der Waals surface area contributed by atoms with Crippen molar-refractivity contribution in [3.63, 3.8) is 0 Å². The molecule has 3 nitrogen and oxygen atoms in total. The highest BCUT2D eigenvalue weighted by Gasteiger charge is 2.00. The number of nitrogens with two attached hydrogens (primary N) is 1. The zero-order valence-electron chi connectivity index (χ0n) is 5.99. The van der Waals surface area contributed by atoms with Gasteiger partial charge in [-0.3, -0.25) is 10.2 Å². The van der Waals surface area contributed by atoms with E-state index in [1.54, 1.807) is 6.92 Å². The summed E-state index contributed by atoms with van der Waals surface area (Å²) in [4.78, 5) is 10.7. The molecule has 1 amide bonds. The third kappa shape index (κ3) is 2.28. The molecule has 0 aromatic rings. The fourth-order valence-electron chi connectivity index (χ4n) is 0.335. The van der Waals surface area contributed by atoms with Crippen molar-refractivity contribution in [2.24, 2.45) is 5.84 Å². The normalized spacial score (nSPS) is 8.44. The molecule has 0 atom stereocenters. The molecule has 0 aliphatic rings. The van der Waals surface area contributed by atoms with Crippen molar-refractivity contribution in [2.75, 3.05) is 0 Å². The molecule has 0 rings (SSSR count). The second kappa shape index (κ2) is 3.25. The Balaban J connectivity index is 4.21. The number of carbonyl (C=O) groups excluding carboxylic acids is 1. The number of amides is 1. The van der Waals surface area contributed by atoms with E-state index in [1.807, 2.05) is 19.3 Å². The third-order valence-corrected chi connectivity index (χ3v) is 1.22. The van der Waals surface area contributed by atoms with Crippen molar-refractivity contribution >= 4 is 5.91 Å². The van der Waals surface area contributed by atoms with Crippen LogP contribution in [0.2, 0.25) is 0 Å². The first-order chi connectivity index (χ1) is 4.09. The molecule has 0 heterocycles. The number of hydrogen-bond donors (Lipinski definition) is 2. The van der Waals surface area contributed by atoms with E-state index in [0.29, 0.717) is 5.57 Å². The second-order valence-corrected chi connectivity index (χ2v) is 2.10. The Kier molecular flexibility index (Phi) is 2.95. The molecule has 0 unspecified atom stereocenters. The quantitative estimate of drug-likeness (QED) is 0.231. The third-order valence-electron chi connectivity index (χ3n) is 1.22. The standard InChI is InChI=1S/C6H12N2O/c1-4(2)5(3)6(9)8-7/h7H2,1-3H3,(H,8,9). The van der Waals surface area contributed by atoms with Crippen LogP contribution in [0.4, 0.5) is 0 Å². The minimum atomic E-state index is -0.213. The van der Waals surface area contributed by atoms with Gasteiger partial charge < -0.3 is 0 Å². The van der Waals surface area contributed by atoms with Crippen LogP contribution in [0.1, 0.15) is 20.8 Å². The predicted molar refractivity (Wildman–Crippen MR) is 36.4 cm³/mol. The highest BCUT2D eigenvalue weighted by atomic mass is 16.2. The maximum Gasteiger partial charge on any atom is 0.260 e. The molecule has 9 heavy (non-hydrogen) atoms. The lowest BCUT2D eigenvalue weighted by Crippen LogP contribution is -2.30. The van der Waals surface area contributed by atoms with Gasteiger partial charge >= 0.3 is 0 Å². The van der Waals surface area contributed by atoms with E-state index in [-0.39, 0.29) is 5.91 Å². The summed E-state index contributed by atoms with van der Waals surface area (Å²) in [7, 11) is 0. The molecule has 3 N–H and O–H groups in total. The molecule has 0 aliphatic heterocycles. The van der Waals surface area contributed by atoms with E-state index in [2.05, 4.69) is 0 Å². The van der Waals surface area contributed by atoms with Crippen molar-refractivity contribution in [3.05, 3.63) is 11.1 Å². The van der Waals surface area contributed by atoms with Crippen LogP contribution in [0.15, 0.2) is 11.1 Å². The Morgan fingerprint density at radius 2 is 1.78 bits per heavy atom. The molecule has 0 bridgehead atoms. The Labute approximate surface area is 54.9 Å². The minimum Gasteiger partial charge on any atom is -0.290 e. The zero-order valence-corrected chi connectivity index (χ0v) is 5.99. The topological polar surface area (TPSA) is 55.1 Å². The number of carbonyl (C=O) groups is 1. The van der Waals surface area contributed by atoms with E-state index in [4.69, 9.17) is 5.84 Å². The number of hydrazine groups is 1. The fourth-order valence-corrected chi connectivity index (χ4v) is 0.335. The van der Waals surface area contributed by atoms with E-state index in [1.165, 1.54) is 0 Å². The summed E-state index contributed by atoms with van der Waals surface area (Å²) in [5.41, 5.74) is 3.71. The van der Waals surface area contributed by atoms with Crippen LogP contribution in [0.3, 0.4) is 0 Å². The summed E-state index contributed by atoms with van der Waals surface area (Å²) in [5.74, 6) is 4.66. The largest absolute Gasteiger partial charge is 0.290 e. The van der Waals surface area contributed by atoms with Gasteiger partial charge in [-0.15, -0.1) is 0 Å². The molecule has 0 aromatic heterocycles. The van der Waals surface area contributed by atoms with E-state index >= 15 is 0 Å². The molecule has 0 fully saturated rings. The fraction of sp³-hybridized carbons (Fsp3) is 0.500. The molecule has 0 aliphatic carbocycles. The van der Waals surface area contributed by atoms with E-state index in [0.717, 1.165) is 5.57 Å². The van der Waals surface area contributed by atoms with Crippen LogP contribution in [-0.2, 0) is 4.79 Å². The lowest BCUT2D eigenvalue weighted by atomic mass is 10.2. The van der Waals surface area contributed by atoms with E-state index < -0.39 is 0 Å². The Morgan fingerprint density at radius 1 is 1.33 bits per heavy atom. The number of hydrogen-bond acceptors (Lipinski definition) is 2. The molecular weight excluding hydrogens is 116 g/mol. The van der Waals surface area contributed by atoms with Gasteiger partial charge in [0.1, 0.15) is 0 Å². The Morgan fingerprint density at radius 3 is 1.89 bits per heavy atom. The number of rotatable bonds is 1. The molecule has 0 aromatic carbocycles. The average molecular weight is 128 g/mol. The molecule has 0 radical (unpaired) electrons. The monoisotopic (exact) mass is 128 g/mol. The zero-order chi connectivity index (χ0) is 7.44. The molecule has 0 spiro atoms. The SMILES string of the molecule is CC(C)=C(C)C(=O)NN. The average Bonchev–Trinajstić information content (AvgIpc) is 1.84. The van der Waals surface area contributed by atoms with Gasteiger partial charge in [0.2, 0.25) is 0 Å². The van der Waals surface area contributed by atoms with Crippen molar-refractivity contribution in [2.45, 2.75) is 20.8 Å². The van der Waals surface area contributed by atoms with Gasteiger partial charge in [0.05, 0.1) is 0 Å². The first kappa shape index (κ1) is 8.17. The summed E-state index contributed by atoms with van der Waals surface area (Å²) in [6, 6.07) is 0. The maximum absolute atomic E-state index is 10.7.